The molecule has 1 atom stereocenters. The van der Waals surface area contributed by atoms with Gasteiger partial charge < -0.3 is 10.6 Å². The van der Waals surface area contributed by atoms with Crippen LogP contribution >= 0.6 is 11.8 Å². The minimum Gasteiger partial charge on any atom is -0.354 e. The number of thioether (sulfide) groups is 1. The Morgan fingerprint density at radius 3 is 2.61 bits per heavy atom. The number of rotatable bonds is 7. The van der Waals surface area contributed by atoms with Crippen LogP contribution in [0.3, 0.4) is 0 Å². The third kappa shape index (κ3) is 5.59. The van der Waals surface area contributed by atoms with E-state index in [2.05, 4.69) is 36.3 Å². The molecule has 1 saturated heterocycles. The lowest BCUT2D eigenvalue weighted by Crippen LogP contribution is -2.47. The molecule has 1 fully saturated rings. The second kappa shape index (κ2) is 8.77. The number of nitrogens with one attached hydrogen (secondary N) is 2. The predicted molar refractivity (Wildman–Crippen MR) is 79.1 cm³/mol. The molecule has 0 aromatic carbocycles. The first-order valence-electron chi connectivity index (χ1n) is 6.97. The highest BCUT2D eigenvalue weighted by Gasteiger charge is 2.21. The highest BCUT2D eigenvalue weighted by molar-refractivity contribution is 8.00. The van der Waals surface area contributed by atoms with Crippen molar-refractivity contribution in [3.63, 3.8) is 0 Å². The summed E-state index contributed by atoms with van der Waals surface area (Å²) >= 11 is 1.74. The minimum absolute atomic E-state index is 0.0954. The largest absolute Gasteiger partial charge is 0.354 e. The van der Waals surface area contributed by atoms with Crippen LogP contribution in [0.2, 0.25) is 0 Å². The van der Waals surface area contributed by atoms with Gasteiger partial charge in [0.25, 0.3) is 0 Å². The van der Waals surface area contributed by atoms with Crippen molar-refractivity contribution in [3.05, 3.63) is 0 Å². The fraction of sp³-hybridized carbons (Fsp3) is 0.923. The Kier molecular flexibility index (Phi) is 7.70. The highest BCUT2D eigenvalue weighted by atomic mass is 32.2. The van der Waals surface area contributed by atoms with Crippen molar-refractivity contribution in [2.75, 3.05) is 45.0 Å². The molecule has 0 aromatic heterocycles. The average molecular weight is 273 g/mol. The Balaban J connectivity index is 2.21. The van der Waals surface area contributed by atoms with Gasteiger partial charge in [-0.2, -0.15) is 0 Å². The number of hydrogen-bond donors (Lipinski definition) is 2. The lowest BCUT2D eigenvalue weighted by molar-refractivity contribution is -0.121. The molecule has 0 radical (unpaired) electrons. The maximum atomic E-state index is 12.1. The maximum Gasteiger partial charge on any atom is 0.233 e. The summed E-state index contributed by atoms with van der Waals surface area (Å²) < 4.78 is 0. The third-order valence-corrected chi connectivity index (χ3v) is 4.60. The molecule has 1 aliphatic rings. The van der Waals surface area contributed by atoms with Gasteiger partial charge in [0.1, 0.15) is 0 Å². The van der Waals surface area contributed by atoms with Crippen molar-refractivity contribution in [1.82, 2.24) is 15.5 Å². The Hall–Kier alpha value is -0.260. The molecule has 5 heteroatoms. The van der Waals surface area contributed by atoms with Crippen LogP contribution in [-0.4, -0.2) is 61.1 Å². The van der Waals surface area contributed by atoms with Crippen molar-refractivity contribution >= 4 is 17.7 Å². The number of amides is 1. The van der Waals surface area contributed by atoms with Crippen molar-refractivity contribution in [1.29, 1.82) is 0 Å². The van der Waals surface area contributed by atoms with E-state index in [1.54, 1.807) is 11.8 Å². The summed E-state index contributed by atoms with van der Waals surface area (Å²) in [4.78, 5) is 14.5. The third-order valence-electron chi connectivity index (χ3n) is 3.15. The Morgan fingerprint density at radius 2 is 2.06 bits per heavy atom. The van der Waals surface area contributed by atoms with Gasteiger partial charge in [-0.05, 0) is 11.7 Å². The van der Waals surface area contributed by atoms with Gasteiger partial charge in [0, 0.05) is 39.3 Å². The SMILES string of the molecule is CCSC(C(=O)NCCN1CCNCC1)C(C)C. The summed E-state index contributed by atoms with van der Waals surface area (Å²) in [7, 11) is 0. The zero-order chi connectivity index (χ0) is 13.4. The zero-order valence-electron chi connectivity index (χ0n) is 11.9. The lowest BCUT2D eigenvalue weighted by Gasteiger charge is -2.27. The van der Waals surface area contributed by atoms with E-state index < -0.39 is 0 Å². The molecule has 0 aliphatic carbocycles. The van der Waals surface area contributed by atoms with Crippen molar-refractivity contribution < 1.29 is 4.79 Å². The van der Waals surface area contributed by atoms with Crippen LogP contribution in [-0.2, 0) is 4.79 Å². The van der Waals surface area contributed by atoms with Gasteiger partial charge in [-0.15, -0.1) is 11.8 Å². The van der Waals surface area contributed by atoms with E-state index in [9.17, 15) is 4.79 Å². The fourth-order valence-electron chi connectivity index (χ4n) is 2.12. The number of nitrogens with zero attached hydrogens (tertiary/aromatic N) is 1. The van der Waals surface area contributed by atoms with Gasteiger partial charge in [-0.25, -0.2) is 0 Å². The summed E-state index contributed by atoms with van der Waals surface area (Å²) in [5.41, 5.74) is 0. The van der Waals surface area contributed by atoms with Crippen LogP contribution in [0, 0.1) is 5.92 Å². The quantitative estimate of drug-likeness (QED) is 0.720. The van der Waals surface area contributed by atoms with Gasteiger partial charge in [0.05, 0.1) is 5.25 Å². The molecule has 1 unspecified atom stereocenters. The Labute approximate surface area is 115 Å². The van der Waals surface area contributed by atoms with E-state index in [0.29, 0.717) is 5.92 Å². The molecule has 18 heavy (non-hydrogen) atoms. The van der Waals surface area contributed by atoms with Gasteiger partial charge in [0.2, 0.25) is 5.91 Å². The molecule has 1 heterocycles. The van der Waals surface area contributed by atoms with Crippen LogP contribution in [0.25, 0.3) is 0 Å². The summed E-state index contributed by atoms with van der Waals surface area (Å²) in [5, 5.41) is 6.50. The fourth-order valence-corrected chi connectivity index (χ4v) is 3.10. The predicted octanol–water partition coefficient (Wildman–Crippen LogP) is 0.786. The van der Waals surface area contributed by atoms with Crippen molar-refractivity contribution in [3.8, 4) is 0 Å². The van der Waals surface area contributed by atoms with Gasteiger partial charge in [-0.3, -0.25) is 9.69 Å². The molecular formula is C13H27N3OS. The molecule has 1 amide bonds. The Morgan fingerprint density at radius 1 is 1.39 bits per heavy atom. The lowest BCUT2D eigenvalue weighted by atomic mass is 10.1. The van der Waals surface area contributed by atoms with Crippen LogP contribution in [0.15, 0.2) is 0 Å². The van der Waals surface area contributed by atoms with Crippen LogP contribution < -0.4 is 10.6 Å². The van der Waals surface area contributed by atoms with Crippen LogP contribution in [0.4, 0.5) is 0 Å². The maximum absolute atomic E-state index is 12.1. The molecule has 0 aromatic rings. The van der Waals surface area contributed by atoms with Crippen LogP contribution in [0.5, 0.6) is 0 Å². The second-order valence-electron chi connectivity index (χ2n) is 5.00. The second-order valence-corrected chi connectivity index (χ2v) is 6.42. The smallest absolute Gasteiger partial charge is 0.233 e. The van der Waals surface area contributed by atoms with Crippen LogP contribution in [0.1, 0.15) is 20.8 Å². The average Bonchev–Trinajstić information content (AvgIpc) is 2.36. The number of piperazine rings is 1. The van der Waals surface area contributed by atoms with E-state index in [-0.39, 0.29) is 11.2 Å². The first-order valence-corrected chi connectivity index (χ1v) is 8.02. The van der Waals surface area contributed by atoms with Gasteiger partial charge in [0.15, 0.2) is 0 Å². The molecule has 0 bridgehead atoms. The highest BCUT2D eigenvalue weighted by Crippen LogP contribution is 2.19. The van der Waals surface area contributed by atoms with Crippen molar-refractivity contribution in [2.24, 2.45) is 5.92 Å². The minimum atomic E-state index is 0.0954. The van der Waals surface area contributed by atoms with E-state index >= 15 is 0 Å². The number of carbonyl (C=O) groups excluding carboxylic acids is 1. The summed E-state index contributed by atoms with van der Waals surface area (Å²) in [5.74, 6) is 1.59. The molecular weight excluding hydrogens is 246 g/mol. The molecule has 2 N–H and O–H groups in total. The molecule has 1 rings (SSSR count). The number of carbonyl (C=O) groups is 1. The van der Waals surface area contributed by atoms with E-state index in [1.807, 2.05) is 0 Å². The Bertz CT molecular complexity index is 242. The van der Waals surface area contributed by atoms with Gasteiger partial charge >= 0.3 is 0 Å². The number of hydrogen-bond acceptors (Lipinski definition) is 4. The first-order chi connectivity index (χ1) is 8.65. The van der Waals surface area contributed by atoms with E-state index in [0.717, 1.165) is 45.0 Å². The molecule has 106 valence electrons. The topological polar surface area (TPSA) is 44.4 Å². The monoisotopic (exact) mass is 273 g/mol. The summed E-state index contributed by atoms with van der Waals surface area (Å²) in [6.45, 7) is 12.4. The molecule has 0 spiro atoms. The van der Waals surface area contributed by atoms with E-state index in [4.69, 9.17) is 0 Å². The van der Waals surface area contributed by atoms with E-state index in [1.165, 1.54) is 0 Å². The zero-order valence-corrected chi connectivity index (χ0v) is 12.7. The summed E-state index contributed by atoms with van der Waals surface area (Å²) in [6.07, 6.45) is 0. The standard InChI is InChI=1S/C13H27N3OS/c1-4-18-12(11(2)3)13(17)15-7-10-16-8-5-14-6-9-16/h11-12,14H,4-10H2,1-3H3,(H,15,17). The molecule has 1 aliphatic heterocycles. The van der Waals surface area contributed by atoms with Gasteiger partial charge in [-0.1, -0.05) is 20.8 Å². The first kappa shape index (κ1) is 15.8. The normalized spacial score (nSPS) is 18.9. The molecule has 4 nitrogen and oxygen atoms in total. The molecule has 0 saturated carbocycles. The summed E-state index contributed by atoms with van der Waals surface area (Å²) in [6, 6.07) is 0. The van der Waals surface area contributed by atoms with Crippen molar-refractivity contribution in [2.45, 2.75) is 26.0 Å².